The van der Waals surface area contributed by atoms with Crippen LogP contribution < -0.4 is 4.18 Å². The first kappa shape index (κ1) is 14.6. The first-order chi connectivity index (χ1) is 7.98. The van der Waals surface area contributed by atoms with Crippen molar-refractivity contribution in [2.75, 3.05) is 0 Å². The zero-order valence-electron chi connectivity index (χ0n) is 8.29. The second-order valence-corrected chi connectivity index (χ2v) is 4.13. The van der Waals surface area contributed by atoms with Crippen LogP contribution in [0.1, 0.15) is 5.56 Å². The van der Waals surface area contributed by atoms with Crippen LogP contribution in [0.3, 0.4) is 0 Å². The molecule has 0 radical (unpaired) electrons. The number of benzene rings is 1. The van der Waals surface area contributed by atoms with Crippen LogP contribution in [-0.2, 0) is 16.8 Å². The van der Waals surface area contributed by atoms with Crippen LogP contribution >= 0.6 is 0 Å². The molecule has 0 atom stereocenters. The van der Waals surface area contributed by atoms with E-state index < -0.39 is 45.9 Å². The van der Waals surface area contributed by atoms with Crippen LogP contribution in [-0.4, -0.2) is 19.1 Å². The summed E-state index contributed by atoms with van der Waals surface area (Å²) < 4.78 is 96.4. The monoisotopic (exact) mass is 291 g/mol. The SMILES string of the molecule is O=S(=O)([O-])Oc1cc(F)cc(F)c1CC(F)(F)F. The van der Waals surface area contributed by atoms with Crippen LogP contribution in [0.2, 0.25) is 0 Å². The zero-order chi connectivity index (χ0) is 14.1. The number of hydrogen-bond acceptors (Lipinski definition) is 4. The van der Waals surface area contributed by atoms with E-state index >= 15 is 0 Å². The Morgan fingerprint density at radius 3 is 2.22 bits per heavy atom. The fourth-order valence-electron chi connectivity index (χ4n) is 1.14. The number of alkyl halides is 3. The van der Waals surface area contributed by atoms with E-state index in [4.69, 9.17) is 0 Å². The molecule has 0 heterocycles. The molecule has 1 aromatic carbocycles. The summed E-state index contributed by atoms with van der Waals surface area (Å²) in [6, 6.07) is 0.297. The van der Waals surface area contributed by atoms with E-state index in [0.29, 0.717) is 0 Å². The van der Waals surface area contributed by atoms with Gasteiger partial charge < -0.3 is 8.74 Å². The van der Waals surface area contributed by atoms with E-state index in [1.807, 2.05) is 0 Å². The molecular weight excluding hydrogens is 287 g/mol. The molecule has 0 unspecified atom stereocenters. The van der Waals surface area contributed by atoms with E-state index in [9.17, 15) is 34.9 Å². The van der Waals surface area contributed by atoms with E-state index in [2.05, 4.69) is 4.18 Å². The van der Waals surface area contributed by atoms with Crippen molar-refractivity contribution in [2.45, 2.75) is 12.6 Å². The lowest BCUT2D eigenvalue weighted by atomic mass is 10.1. The molecule has 0 saturated carbocycles. The fraction of sp³-hybridized carbons (Fsp3) is 0.250. The van der Waals surface area contributed by atoms with Crippen molar-refractivity contribution < 1.29 is 39.1 Å². The first-order valence-electron chi connectivity index (χ1n) is 4.18. The third-order valence-corrected chi connectivity index (χ3v) is 2.07. The highest BCUT2D eigenvalue weighted by atomic mass is 32.3. The van der Waals surface area contributed by atoms with E-state index in [0.717, 1.165) is 0 Å². The van der Waals surface area contributed by atoms with Gasteiger partial charge in [0, 0.05) is 17.7 Å². The van der Waals surface area contributed by atoms with Gasteiger partial charge in [-0.1, -0.05) is 0 Å². The highest BCUT2D eigenvalue weighted by Gasteiger charge is 2.32. The van der Waals surface area contributed by atoms with E-state index in [1.54, 1.807) is 0 Å². The minimum Gasteiger partial charge on any atom is -0.716 e. The van der Waals surface area contributed by atoms with Gasteiger partial charge in [-0.25, -0.2) is 17.2 Å². The second-order valence-electron chi connectivity index (χ2n) is 3.15. The molecule has 0 aromatic heterocycles. The van der Waals surface area contributed by atoms with Crippen LogP contribution in [0.4, 0.5) is 22.0 Å². The summed E-state index contributed by atoms with van der Waals surface area (Å²) in [5.74, 6) is -4.36. The molecule has 4 nitrogen and oxygen atoms in total. The average Bonchev–Trinajstić information content (AvgIpc) is 2.06. The van der Waals surface area contributed by atoms with Gasteiger partial charge in [-0.15, -0.1) is 0 Å². The lowest BCUT2D eigenvalue weighted by molar-refractivity contribution is -0.127. The number of halogens is 5. The van der Waals surface area contributed by atoms with Gasteiger partial charge >= 0.3 is 6.18 Å². The van der Waals surface area contributed by atoms with E-state index in [-0.39, 0.29) is 12.1 Å². The van der Waals surface area contributed by atoms with Gasteiger partial charge in [-0.2, -0.15) is 13.2 Å². The lowest BCUT2D eigenvalue weighted by Gasteiger charge is -2.15. The second kappa shape index (κ2) is 4.69. The fourth-order valence-corrected chi connectivity index (χ4v) is 1.50. The number of hydrogen-bond donors (Lipinski definition) is 0. The van der Waals surface area contributed by atoms with E-state index in [1.165, 1.54) is 0 Å². The Bertz CT molecular complexity index is 551. The summed E-state index contributed by atoms with van der Waals surface area (Å²) in [4.78, 5) is 0. The molecule has 102 valence electrons. The van der Waals surface area contributed by atoms with Crippen molar-refractivity contribution in [3.05, 3.63) is 29.3 Å². The molecule has 0 aliphatic heterocycles. The Kier molecular flexibility index (Phi) is 3.81. The summed E-state index contributed by atoms with van der Waals surface area (Å²) in [6.07, 6.45) is -6.78. The maximum atomic E-state index is 13.1. The Morgan fingerprint density at radius 2 is 1.78 bits per heavy atom. The van der Waals surface area contributed by atoms with Gasteiger partial charge in [-0.3, -0.25) is 0 Å². The quantitative estimate of drug-likeness (QED) is 0.484. The van der Waals surface area contributed by atoms with Crippen molar-refractivity contribution in [2.24, 2.45) is 0 Å². The topological polar surface area (TPSA) is 66.4 Å². The minimum atomic E-state index is -5.44. The molecule has 0 aliphatic rings. The van der Waals surface area contributed by atoms with Crippen LogP contribution in [0.5, 0.6) is 5.75 Å². The lowest BCUT2D eigenvalue weighted by Crippen LogP contribution is -2.16. The molecule has 0 amide bonds. The predicted molar refractivity (Wildman–Crippen MR) is 46.4 cm³/mol. The van der Waals surface area contributed by atoms with Crippen LogP contribution in [0.25, 0.3) is 0 Å². The Balaban J connectivity index is 3.30. The molecule has 0 spiro atoms. The van der Waals surface area contributed by atoms with Crippen molar-refractivity contribution in [1.29, 1.82) is 0 Å². The maximum absolute atomic E-state index is 13.1. The molecule has 10 heteroatoms. The molecule has 0 N–H and O–H groups in total. The molecule has 0 aliphatic carbocycles. The van der Waals surface area contributed by atoms with Crippen LogP contribution in [0, 0.1) is 11.6 Å². The Labute approximate surface area is 97.9 Å². The third-order valence-electron chi connectivity index (χ3n) is 1.69. The molecule has 1 aromatic rings. The van der Waals surface area contributed by atoms with Crippen molar-refractivity contribution in [3.8, 4) is 5.75 Å². The van der Waals surface area contributed by atoms with Gasteiger partial charge in [0.05, 0.1) is 6.42 Å². The Morgan fingerprint density at radius 1 is 1.22 bits per heavy atom. The van der Waals surface area contributed by atoms with Crippen molar-refractivity contribution in [3.63, 3.8) is 0 Å². The molecule has 18 heavy (non-hydrogen) atoms. The predicted octanol–water partition coefficient (Wildman–Crippen LogP) is 1.91. The maximum Gasteiger partial charge on any atom is 0.393 e. The van der Waals surface area contributed by atoms with Gasteiger partial charge in [-0.05, 0) is 0 Å². The molecule has 0 saturated heterocycles. The number of rotatable bonds is 3. The highest BCUT2D eigenvalue weighted by molar-refractivity contribution is 7.81. The van der Waals surface area contributed by atoms with Crippen molar-refractivity contribution in [1.82, 2.24) is 0 Å². The standard InChI is InChI=1S/C8H5F5O4S/c9-4-1-6(10)5(3-8(11,12)13)7(2-4)17-18(14,15)16/h1-2H,3H2,(H,14,15,16)/p-1. The summed E-state index contributed by atoms with van der Waals surface area (Å²) >= 11 is 0. The zero-order valence-corrected chi connectivity index (χ0v) is 9.11. The molecule has 0 bridgehead atoms. The van der Waals surface area contributed by atoms with Gasteiger partial charge in [0.2, 0.25) is 0 Å². The van der Waals surface area contributed by atoms with Gasteiger partial charge in [0.15, 0.2) is 5.75 Å². The van der Waals surface area contributed by atoms with Gasteiger partial charge in [0.25, 0.3) is 10.4 Å². The average molecular weight is 291 g/mol. The smallest absolute Gasteiger partial charge is 0.393 e. The summed E-state index contributed by atoms with van der Waals surface area (Å²) in [5.41, 5.74) is -1.26. The summed E-state index contributed by atoms with van der Waals surface area (Å²) in [5, 5.41) is 0. The molecule has 0 fully saturated rings. The summed E-state index contributed by atoms with van der Waals surface area (Å²) in [7, 11) is -5.44. The minimum absolute atomic E-state index is 0.116. The molecular formula is C8H4F5O4S-. The molecule has 1 rings (SSSR count). The largest absolute Gasteiger partial charge is 0.716 e. The Hall–Kier alpha value is -1.42. The first-order valence-corrected chi connectivity index (χ1v) is 5.51. The third kappa shape index (κ3) is 4.45. The van der Waals surface area contributed by atoms with Crippen molar-refractivity contribution >= 4 is 10.4 Å². The van der Waals surface area contributed by atoms with Crippen LogP contribution in [0.15, 0.2) is 12.1 Å². The highest BCUT2D eigenvalue weighted by Crippen LogP contribution is 2.31. The van der Waals surface area contributed by atoms with Gasteiger partial charge in [0.1, 0.15) is 11.6 Å². The normalized spacial score (nSPS) is 12.6. The summed E-state index contributed by atoms with van der Waals surface area (Å²) in [6.45, 7) is 0.